The number of para-hydroxylation sites is 2. The highest BCUT2D eigenvalue weighted by molar-refractivity contribution is 7.93. The van der Waals surface area contributed by atoms with Crippen molar-refractivity contribution < 1.29 is 31.3 Å². The number of sulfonamides is 1. The molecule has 13 heteroatoms. The van der Waals surface area contributed by atoms with Gasteiger partial charge in [-0.1, -0.05) is 60.7 Å². The average molecular weight is 631 g/mol. The minimum Gasteiger partial charge on any atom is -0.505 e. The number of hydrogen-bond donors (Lipinski definition) is 4. The Morgan fingerprint density at radius 1 is 0.750 bits per heavy atom. The summed E-state index contributed by atoms with van der Waals surface area (Å²) in [4.78, 5) is 12.4. The summed E-state index contributed by atoms with van der Waals surface area (Å²) in [6.07, 6.45) is 0. The van der Waals surface area contributed by atoms with Crippen LogP contribution in [-0.2, 0) is 20.1 Å². The molecule has 0 aliphatic carbocycles. The number of aryl methyl sites for hydroxylation is 2. The van der Waals surface area contributed by atoms with Crippen molar-refractivity contribution in [3.63, 3.8) is 0 Å². The van der Waals surface area contributed by atoms with E-state index >= 15 is 0 Å². The zero-order valence-electron chi connectivity index (χ0n) is 23.4. The van der Waals surface area contributed by atoms with Crippen molar-refractivity contribution in [3.05, 3.63) is 114 Å². The van der Waals surface area contributed by atoms with Gasteiger partial charge in [-0.3, -0.25) is 14.1 Å². The van der Waals surface area contributed by atoms with Crippen molar-refractivity contribution in [2.45, 2.75) is 23.6 Å². The highest BCUT2D eigenvalue weighted by Crippen LogP contribution is 2.40. The van der Waals surface area contributed by atoms with Crippen LogP contribution in [0.1, 0.15) is 21.5 Å². The van der Waals surface area contributed by atoms with Crippen molar-refractivity contribution in [1.82, 2.24) is 0 Å². The second-order valence-electron chi connectivity index (χ2n) is 9.84. The van der Waals surface area contributed by atoms with Gasteiger partial charge in [-0.2, -0.15) is 13.5 Å². The number of carbonyl (C=O) groups excluding carboxylic acids is 1. The molecule has 0 spiro atoms. The van der Waals surface area contributed by atoms with E-state index < -0.39 is 36.7 Å². The molecule has 0 saturated heterocycles. The number of nitrogens with one attached hydrogen (secondary N) is 2. The molecule has 0 unspecified atom stereocenters. The van der Waals surface area contributed by atoms with Crippen LogP contribution >= 0.6 is 0 Å². The normalized spacial score (nSPS) is 12.0. The third-order valence-electron chi connectivity index (χ3n) is 6.79. The number of nitrogens with zero attached hydrogens (tertiary/aromatic N) is 2. The summed E-state index contributed by atoms with van der Waals surface area (Å²) in [6.45, 7) is 3.52. The topological polar surface area (TPSA) is 175 Å². The molecule has 0 fully saturated rings. The van der Waals surface area contributed by atoms with E-state index in [1.165, 1.54) is 36.4 Å². The molecule has 0 aliphatic rings. The standard InChI is InChI=1S/C31H26N4O7S2/c1-19-9-3-6-12-25(19)32-31(37)24-17-21-10-4-5-11-23(21)29(30(24)36)34-33-27-18-22(16-15-20(27)2)43(38,39)35-26-13-7-8-14-28(26)44(40,41)42/h3-18,35-36H,1-2H3,(H,32,37)(H,40,41,42). The Labute approximate surface area is 253 Å². The number of rotatable bonds is 8. The van der Waals surface area contributed by atoms with Gasteiger partial charge in [0.25, 0.3) is 26.0 Å². The molecule has 0 aliphatic heterocycles. The summed E-state index contributed by atoms with van der Waals surface area (Å²) < 4.78 is 61.5. The molecular formula is C31H26N4O7S2. The molecule has 5 aromatic rings. The molecule has 4 N–H and O–H groups in total. The number of amides is 1. The van der Waals surface area contributed by atoms with E-state index in [4.69, 9.17) is 0 Å². The van der Waals surface area contributed by atoms with Crippen LogP contribution in [0.4, 0.5) is 22.7 Å². The fraction of sp³-hybridized carbons (Fsp3) is 0.0645. The van der Waals surface area contributed by atoms with Gasteiger partial charge in [0.1, 0.15) is 10.6 Å². The summed E-state index contributed by atoms with van der Waals surface area (Å²) in [5.41, 5.74) is 1.73. The lowest BCUT2D eigenvalue weighted by atomic mass is 10.0. The van der Waals surface area contributed by atoms with Gasteiger partial charge < -0.3 is 10.4 Å². The Bertz CT molecular complexity index is 2180. The quantitative estimate of drug-likeness (QED) is 0.107. The lowest BCUT2D eigenvalue weighted by Crippen LogP contribution is -2.15. The SMILES string of the molecule is Cc1ccc(S(=O)(=O)Nc2ccccc2S(=O)(=O)O)cc1N=Nc1c(O)c(C(=O)Nc2ccccc2C)cc2ccccc12. The number of anilines is 2. The second kappa shape index (κ2) is 11.9. The number of fused-ring (bicyclic) bond motifs is 1. The summed E-state index contributed by atoms with van der Waals surface area (Å²) in [6, 6.07) is 24.8. The van der Waals surface area contributed by atoms with E-state index in [1.54, 1.807) is 49.4 Å². The first-order valence-corrected chi connectivity index (χ1v) is 16.0. The van der Waals surface area contributed by atoms with Gasteiger partial charge in [0, 0.05) is 11.1 Å². The van der Waals surface area contributed by atoms with Crippen molar-refractivity contribution in [3.8, 4) is 5.75 Å². The zero-order valence-corrected chi connectivity index (χ0v) is 25.0. The Hall–Kier alpha value is -5.11. The lowest BCUT2D eigenvalue weighted by molar-refractivity contribution is 0.102. The third-order valence-corrected chi connectivity index (χ3v) is 9.07. The number of azo groups is 1. The van der Waals surface area contributed by atoms with Crippen molar-refractivity contribution >= 4 is 59.6 Å². The van der Waals surface area contributed by atoms with Crippen LogP contribution in [0.25, 0.3) is 10.8 Å². The average Bonchev–Trinajstić information content (AvgIpc) is 2.97. The minimum atomic E-state index is -4.71. The zero-order chi connectivity index (χ0) is 31.6. The molecular weight excluding hydrogens is 604 g/mol. The molecule has 0 saturated carbocycles. The smallest absolute Gasteiger partial charge is 0.296 e. The van der Waals surface area contributed by atoms with E-state index in [0.29, 0.717) is 22.0 Å². The predicted octanol–water partition coefficient (Wildman–Crippen LogP) is 6.88. The molecule has 0 radical (unpaired) electrons. The van der Waals surface area contributed by atoms with Crippen LogP contribution in [0.3, 0.4) is 0 Å². The summed E-state index contributed by atoms with van der Waals surface area (Å²) in [7, 11) is -9.05. The molecule has 5 rings (SSSR count). The molecule has 0 heterocycles. The largest absolute Gasteiger partial charge is 0.505 e. The lowest BCUT2D eigenvalue weighted by Gasteiger charge is -2.13. The van der Waals surface area contributed by atoms with Gasteiger partial charge in [0.15, 0.2) is 5.75 Å². The van der Waals surface area contributed by atoms with E-state index in [9.17, 15) is 31.3 Å². The Morgan fingerprint density at radius 3 is 2.14 bits per heavy atom. The Balaban J connectivity index is 1.53. The molecule has 5 aromatic carbocycles. The maximum absolute atomic E-state index is 13.2. The highest BCUT2D eigenvalue weighted by atomic mass is 32.2. The van der Waals surface area contributed by atoms with E-state index in [2.05, 4.69) is 20.3 Å². The molecule has 0 atom stereocenters. The number of benzene rings is 5. The number of aromatic hydroxyl groups is 1. The summed E-state index contributed by atoms with van der Waals surface area (Å²) in [5, 5.41) is 23.6. The molecule has 0 aromatic heterocycles. The first-order chi connectivity index (χ1) is 20.8. The summed E-state index contributed by atoms with van der Waals surface area (Å²) >= 11 is 0. The van der Waals surface area contributed by atoms with Gasteiger partial charge in [0.05, 0.1) is 21.8 Å². The second-order valence-corrected chi connectivity index (χ2v) is 12.9. The summed E-state index contributed by atoms with van der Waals surface area (Å²) in [5.74, 6) is -0.969. The van der Waals surface area contributed by atoms with Crippen molar-refractivity contribution in [2.24, 2.45) is 10.2 Å². The van der Waals surface area contributed by atoms with Gasteiger partial charge in [0.2, 0.25) is 0 Å². The van der Waals surface area contributed by atoms with Crippen LogP contribution in [0.15, 0.2) is 117 Å². The Kier molecular flexibility index (Phi) is 8.19. The fourth-order valence-electron chi connectivity index (χ4n) is 4.44. The molecule has 224 valence electrons. The predicted molar refractivity (Wildman–Crippen MR) is 167 cm³/mol. The van der Waals surface area contributed by atoms with Gasteiger partial charge in [-0.05, 0) is 66.8 Å². The van der Waals surface area contributed by atoms with Crippen molar-refractivity contribution in [2.75, 3.05) is 10.0 Å². The number of hydrogen-bond acceptors (Lipinski definition) is 8. The Morgan fingerprint density at radius 2 is 1.41 bits per heavy atom. The maximum atomic E-state index is 13.2. The molecule has 0 bridgehead atoms. The van der Waals surface area contributed by atoms with Crippen LogP contribution in [0, 0.1) is 13.8 Å². The van der Waals surface area contributed by atoms with Crippen LogP contribution < -0.4 is 10.0 Å². The fourth-order valence-corrected chi connectivity index (χ4v) is 6.25. The number of phenolic OH excluding ortho intramolecular Hbond substituents is 1. The van der Waals surface area contributed by atoms with E-state index in [1.807, 2.05) is 19.1 Å². The molecule has 11 nitrogen and oxygen atoms in total. The molecule has 1 amide bonds. The van der Waals surface area contributed by atoms with Gasteiger partial charge >= 0.3 is 0 Å². The number of carbonyl (C=O) groups is 1. The maximum Gasteiger partial charge on any atom is 0.296 e. The highest BCUT2D eigenvalue weighted by Gasteiger charge is 2.22. The van der Waals surface area contributed by atoms with Crippen LogP contribution in [-0.4, -0.2) is 32.4 Å². The molecule has 44 heavy (non-hydrogen) atoms. The first kappa shape index (κ1) is 30.4. The third kappa shape index (κ3) is 6.29. The van der Waals surface area contributed by atoms with Crippen LogP contribution in [0.5, 0.6) is 5.75 Å². The van der Waals surface area contributed by atoms with Gasteiger partial charge in [-0.25, -0.2) is 8.42 Å². The van der Waals surface area contributed by atoms with Crippen molar-refractivity contribution in [1.29, 1.82) is 0 Å². The first-order valence-electron chi connectivity index (χ1n) is 13.1. The van der Waals surface area contributed by atoms with Gasteiger partial charge in [-0.15, -0.1) is 5.11 Å². The monoisotopic (exact) mass is 630 g/mol. The van der Waals surface area contributed by atoms with Crippen LogP contribution in [0.2, 0.25) is 0 Å². The number of phenols is 1. The van der Waals surface area contributed by atoms with E-state index in [0.717, 1.165) is 11.6 Å². The minimum absolute atomic E-state index is 0.00546. The van der Waals surface area contributed by atoms with E-state index in [-0.39, 0.29) is 27.5 Å².